The second kappa shape index (κ2) is 9.52. The summed E-state index contributed by atoms with van der Waals surface area (Å²) in [7, 11) is 0. The van der Waals surface area contributed by atoms with Crippen LogP contribution < -0.4 is 10.1 Å². The second-order valence-corrected chi connectivity index (χ2v) is 7.55. The van der Waals surface area contributed by atoms with E-state index in [2.05, 4.69) is 30.8 Å². The summed E-state index contributed by atoms with van der Waals surface area (Å²) in [5.74, 6) is 1.41. The molecule has 0 saturated carbocycles. The molecular formula is C23H23N7O2. The van der Waals surface area contributed by atoms with E-state index in [-0.39, 0.29) is 6.10 Å². The first-order chi connectivity index (χ1) is 15.8. The molecule has 4 aromatic rings. The summed E-state index contributed by atoms with van der Waals surface area (Å²) in [6.45, 7) is 2.15. The average molecular weight is 429 g/mol. The van der Waals surface area contributed by atoms with Crippen LogP contribution in [-0.4, -0.2) is 49.5 Å². The van der Waals surface area contributed by atoms with Crippen LogP contribution in [0.15, 0.2) is 67.1 Å². The lowest BCUT2D eigenvalue weighted by Gasteiger charge is -2.23. The van der Waals surface area contributed by atoms with Crippen molar-refractivity contribution in [3.63, 3.8) is 0 Å². The number of ether oxygens (including phenoxy) is 2. The topological polar surface area (TPSA) is 99.9 Å². The third kappa shape index (κ3) is 5.06. The fraction of sp³-hybridized carbons (Fsp3) is 0.261. The highest BCUT2D eigenvalue weighted by Crippen LogP contribution is 2.24. The molecule has 1 aliphatic heterocycles. The molecule has 1 aliphatic rings. The average Bonchev–Trinajstić information content (AvgIpc) is 3.35. The summed E-state index contributed by atoms with van der Waals surface area (Å²) >= 11 is 0. The van der Waals surface area contributed by atoms with Crippen molar-refractivity contribution >= 4 is 11.6 Å². The number of benzene rings is 2. The number of nitrogens with one attached hydrogen (secondary N) is 1. The molecule has 9 nitrogen and oxygen atoms in total. The highest BCUT2D eigenvalue weighted by Gasteiger charge is 2.15. The fourth-order valence-electron chi connectivity index (χ4n) is 3.53. The van der Waals surface area contributed by atoms with Gasteiger partial charge >= 0.3 is 0 Å². The molecule has 1 N–H and O–H groups in total. The van der Waals surface area contributed by atoms with Crippen LogP contribution in [0.4, 0.5) is 11.6 Å². The van der Waals surface area contributed by atoms with Gasteiger partial charge in [0, 0.05) is 30.3 Å². The molecule has 5 rings (SSSR count). The van der Waals surface area contributed by atoms with Gasteiger partial charge in [-0.25, -0.2) is 14.6 Å². The SMILES string of the molecule is c1cc(-c2ccc(OC3CCOCC3)cc2)nc(Nc2ccc(Cn3cnnn3)cc2)n1. The molecule has 2 aromatic heterocycles. The first-order valence-corrected chi connectivity index (χ1v) is 10.6. The smallest absolute Gasteiger partial charge is 0.227 e. The standard InChI is InChI=1S/C23H23N7O2/c1-5-19(6-2-17(1)15-30-16-25-28-29-30)26-23-24-12-9-22(27-23)18-3-7-20(8-4-18)32-21-10-13-31-14-11-21/h1-9,12,16,21H,10-11,13-15H2,(H,24,26,27). The zero-order valence-corrected chi connectivity index (χ0v) is 17.5. The van der Waals surface area contributed by atoms with Crippen molar-refractivity contribution in [1.29, 1.82) is 0 Å². The van der Waals surface area contributed by atoms with Crippen LogP contribution in [0.5, 0.6) is 5.75 Å². The quantitative estimate of drug-likeness (QED) is 0.477. The first kappa shape index (κ1) is 20.1. The molecule has 2 aromatic carbocycles. The lowest BCUT2D eigenvalue weighted by atomic mass is 10.1. The van der Waals surface area contributed by atoms with Crippen molar-refractivity contribution in [1.82, 2.24) is 30.2 Å². The van der Waals surface area contributed by atoms with Crippen molar-refractivity contribution in [3.05, 3.63) is 72.7 Å². The highest BCUT2D eigenvalue weighted by atomic mass is 16.5. The van der Waals surface area contributed by atoms with E-state index < -0.39 is 0 Å². The molecule has 32 heavy (non-hydrogen) atoms. The van der Waals surface area contributed by atoms with E-state index in [0.717, 1.165) is 54.3 Å². The lowest BCUT2D eigenvalue weighted by molar-refractivity contribution is 0.0256. The number of aromatic nitrogens is 6. The summed E-state index contributed by atoms with van der Waals surface area (Å²) in [5.41, 5.74) is 3.85. The Hall–Kier alpha value is -3.85. The monoisotopic (exact) mass is 429 g/mol. The van der Waals surface area contributed by atoms with E-state index in [1.807, 2.05) is 54.6 Å². The highest BCUT2D eigenvalue weighted by molar-refractivity contribution is 5.62. The molecule has 0 radical (unpaired) electrons. The minimum Gasteiger partial charge on any atom is -0.490 e. The van der Waals surface area contributed by atoms with Crippen molar-refractivity contribution in [2.24, 2.45) is 0 Å². The van der Waals surface area contributed by atoms with Gasteiger partial charge in [0.25, 0.3) is 0 Å². The molecule has 3 heterocycles. The number of rotatable bonds is 7. The van der Waals surface area contributed by atoms with Crippen LogP contribution in [0.25, 0.3) is 11.3 Å². The number of tetrazole rings is 1. The maximum absolute atomic E-state index is 6.05. The Morgan fingerprint density at radius 2 is 1.81 bits per heavy atom. The molecule has 0 bridgehead atoms. The van der Waals surface area contributed by atoms with E-state index in [1.165, 1.54) is 0 Å². The second-order valence-electron chi connectivity index (χ2n) is 7.55. The molecule has 0 spiro atoms. The third-order valence-corrected chi connectivity index (χ3v) is 5.22. The van der Waals surface area contributed by atoms with Gasteiger partial charge in [0.15, 0.2) is 0 Å². The van der Waals surface area contributed by atoms with Crippen molar-refractivity contribution in [2.75, 3.05) is 18.5 Å². The third-order valence-electron chi connectivity index (χ3n) is 5.22. The zero-order valence-electron chi connectivity index (χ0n) is 17.5. The predicted molar refractivity (Wildman–Crippen MR) is 119 cm³/mol. The van der Waals surface area contributed by atoms with Gasteiger partial charge in [-0.2, -0.15) is 0 Å². The van der Waals surface area contributed by atoms with Gasteiger partial charge in [-0.05, 0) is 58.5 Å². The maximum atomic E-state index is 6.05. The lowest BCUT2D eigenvalue weighted by Crippen LogP contribution is -2.25. The Kier molecular flexibility index (Phi) is 5.98. The van der Waals surface area contributed by atoms with Gasteiger partial charge in [-0.1, -0.05) is 12.1 Å². The minimum atomic E-state index is 0.226. The van der Waals surface area contributed by atoms with E-state index in [1.54, 1.807) is 17.2 Å². The summed E-state index contributed by atoms with van der Waals surface area (Å²) < 4.78 is 13.1. The number of anilines is 2. The Morgan fingerprint density at radius 3 is 2.56 bits per heavy atom. The molecular weight excluding hydrogens is 406 g/mol. The molecule has 1 saturated heterocycles. The molecule has 1 fully saturated rings. The van der Waals surface area contributed by atoms with Gasteiger partial charge in [0.1, 0.15) is 18.2 Å². The summed E-state index contributed by atoms with van der Waals surface area (Å²) in [6, 6.07) is 17.9. The van der Waals surface area contributed by atoms with E-state index >= 15 is 0 Å². The van der Waals surface area contributed by atoms with E-state index in [4.69, 9.17) is 9.47 Å². The van der Waals surface area contributed by atoms with Gasteiger partial charge < -0.3 is 14.8 Å². The summed E-state index contributed by atoms with van der Waals surface area (Å²) in [6.07, 6.45) is 5.43. The number of hydrogen-bond acceptors (Lipinski definition) is 8. The summed E-state index contributed by atoms with van der Waals surface area (Å²) in [4.78, 5) is 9.01. The van der Waals surface area contributed by atoms with Crippen LogP contribution in [0.1, 0.15) is 18.4 Å². The zero-order chi connectivity index (χ0) is 21.6. The molecule has 162 valence electrons. The molecule has 0 unspecified atom stereocenters. The Balaban J connectivity index is 1.23. The van der Waals surface area contributed by atoms with Crippen LogP contribution in [0.2, 0.25) is 0 Å². The van der Waals surface area contributed by atoms with Crippen LogP contribution in [0.3, 0.4) is 0 Å². The van der Waals surface area contributed by atoms with E-state index in [0.29, 0.717) is 12.5 Å². The molecule has 0 aliphatic carbocycles. The van der Waals surface area contributed by atoms with Crippen LogP contribution >= 0.6 is 0 Å². The first-order valence-electron chi connectivity index (χ1n) is 10.6. The van der Waals surface area contributed by atoms with Gasteiger partial charge in [-0.3, -0.25) is 0 Å². The van der Waals surface area contributed by atoms with Gasteiger partial charge in [0.05, 0.1) is 25.5 Å². The minimum absolute atomic E-state index is 0.226. The van der Waals surface area contributed by atoms with Crippen LogP contribution in [-0.2, 0) is 11.3 Å². The number of hydrogen-bond donors (Lipinski definition) is 1. The Labute approximate surface area is 185 Å². The van der Waals surface area contributed by atoms with Gasteiger partial charge in [-0.15, -0.1) is 5.10 Å². The predicted octanol–water partition coefficient (Wildman–Crippen LogP) is 3.48. The Morgan fingerprint density at radius 1 is 1.00 bits per heavy atom. The number of nitrogens with zero attached hydrogens (tertiary/aromatic N) is 6. The fourth-order valence-corrected chi connectivity index (χ4v) is 3.53. The summed E-state index contributed by atoms with van der Waals surface area (Å²) in [5, 5.41) is 14.4. The Bertz CT molecular complexity index is 1130. The van der Waals surface area contributed by atoms with Crippen molar-refractivity contribution in [2.45, 2.75) is 25.5 Å². The largest absolute Gasteiger partial charge is 0.490 e. The molecule has 0 atom stereocenters. The molecule has 9 heteroatoms. The van der Waals surface area contributed by atoms with Crippen molar-refractivity contribution < 1.29 is 9.47 Å². The normalized spacial score (nSPS) is 14.2. The molecule has 0 amide bonds. The maximum Gasteiger partial charge on any atom is 0.227 e. The van der Waals surface area contributed by atoms with Gasteiger partial charge in [0.2, 0.25) is 5.95 Å². The van der Waals surface area contributed by atoms with Crippen LogP contribution in [0, 0.1) is 0 Å². The van der Waals surface area contributed by atoms with E-state index in [9.17, 15) is 0 Å². The van der Waals surface area contributed by atoms with Crippen molar-refractivity contribution in [3.8, 4) is 17.0 Å².